The average Bonchev–Trinajstić information content (AvgIpc) is 3.56. The van der Waals surface area contributed by atoms with E-state index in [4.69, 9.17) is 14.2 Å². The second-order valence-electron chi connectivity index (χ2n) is 18.8. The molecular formula is C41H57NO6. The summed E-state index contributed by atoms with van der Waals surface area (Å²) in [5.74, 6) is 0.828. The highest BCUT2D eigenvalue weighted by Gasteiger charge is 2.70. The minimum atomic E-state index is -1.02. The van der Waals surface area contributed by atoms with Gasteiger partial charge in [0.1, 0.15) is 6.10 Å². The van der Waals surface area contributed by atoms with Gasteiger partial charge in [-0.05, 0) is 121 Å². The molecule has 4 fully saturated rings. The van der Waals surface area contributed by atoms with Crippen LogP contribution in [-0.4, -0.2) is 57.0 Å². The Balaban J connectivity index is 1.23. The number of aromatic amines is 1. The molecule has 1 aromatic heterocycles. The maximum atomic E-state index is 14.2. The Morgan fingerprint density at radius 2 is 1.75 bits per heavy atom. The first-order chi connectivity index (χ1) is 22.3. The van der Waals surface area contributed by atoms with Gasteiger partial charge in [0.05, 0.1) is 34.9 Å². The van der Waals surface area contributed by atoms with Gasteiger partial charge in [-0.15, -0.1) is 0 Å². The van der Waals surface area contributed by atoms with Gasteiger partial charge in [0, 0.05) is 51.7 Å². The van der Waals surface area contributed by atoms with E-state index >= 15 is 0 Å². The molecule has 2 N–H and O–H groups in total. The second kappa shape index (κ2) is 9.97. The van der Waals surface area contributed by atoms with Crippen molar-refractivity contribution in [2.45, 2.75) is 161 Å². The summed E-state index contributed by atoms with van der Waals surface area (Å²) in [6.07, 6.45) is 5.95. The van der Waals surface area contributed by atoms with Gasteiger partial charge in [-0.2, -0.15) is 0 Å². The molecule has 2 aromatic rings. The Hall–Kier alpha value is -2.22. The van der Waals surface area contributed by atoms with Crippen LogP contribution in [0.3, 0.4) is 0 Å². The van der Waals surface area contributed by atoms with Crippen molar-refractivity contribution in [3.8, 4) is 0 Å². The molecule has 6 aliphatic rings. The van der Waals surface area contributed by atoms with Crippen molar-refractivity contribution in [1.29, 1.82) is 0 Å². The fraction of sp³-hybridized carbons (Fsp3) is 0.756. The first-order valence-electron chi connectivity index (χ1n) is 18.8. The predicted molar refractivity (Wildman–Crippen MR) is 185 cm³/mol. The fourth-order valence-electron chi connectivity index (χ4n) is 12.9. The number of hydrogen-bond donors (Lipinski definition) is 2. The van der Waals surface area contributed by atoms with Crippen molar-refractivity contribution in [2.24, 2.45) is 34.5 Å². The number of H-pyrrole nitrogens is 1. The smallest absolute Gasteiger partial charge is 0.305 e. The van der Waals surface area contributed by atoms with Crippen LogP contribution < -0.4 is 0 Å². The molecule has 0 unspecified atom stereocenters. The summed E-state index contributed by atoms with van der Waals surface area (Å²) in [7, 11) is 0. The number of aliphatic hydroxyl groups is 1. The number of carbonyl (C=O) groups excluding carboxylic acids is 2. The molecule has 1 aromatic carbocycles. The van der Waals surface area contributed by atoms with E-state index < -0.39 is 11.2 Å². The van der Waals surface area contributed by atoms with Crippen LogP contribution >= 0.6 is 0 Å². The predicted octanol–water partition coefficient (Wildman–Crippen LogP) is 7.62. The molecule has 48 heavy (non-hydrogen) atoms. The van der Waals surface area contributed by atoms with Crippen molar-refractivity contribution in [2.75, 3.05) is 0 Å². The molecule has 0 spiro atoms. The van der Waals surface area contributed by atoms with E-state index in [9.17, 15) is 14.7 Å². The molecule has 2 saturated carbocycles. The van der Waals surface area contributed by atoms with E-state index in [1.807, 2.05) is 20.8 Å². The second-order valence-corrected chi connectivity index (χ2v) is 18.8. The SMILES string of the molecule is CCC(=O)O[C@@H]1C[C@@H](C(C)(C)O)O[C@H]2CC[C@@]3(C)[C@@H](CC[C@H]4Cc5c([nH]c6ccc7c(c56)C[C@@H]5[C@@H](C7=O)C(C)(C)OC5(C)C)[C@@]43C)[C@@]21C. The lowest BCUT2D eigenvalue weighted by Crippen LogP contribution is -2.69. The summed E-state index contributed by atoms with van der Waals surface area (Å²) in [5.41, 5.74) is 3.59. The van der Waals surface area contributed by atoms with E-state index in [1.54, 1.807) is 0 Å². The van der Waals surface area contributed by atoms with Gasteiger partial charge in [-0.25, -0.2) is 0 Å². The molecule has 3 heterocycles. The summed E-state index contributed by atoms with van der Waals surface area (Å²) in [5, 5.41) is 12.3. The van der Waals surface area contributed by atoms with Crippen LogP contribution in [0, 0.1) is 34.5 Å². The molecule has 7 heteroatoms. The first-order valence-corrected chi connectivity index (χ1v) is 18.8. The molecule has 262 valence electrons. The first kappa shape index (κ1) is 33.0. The van der Waals surface area contributed by atoms with Gasteiger partial charge < -0.3 is 24.3 Å². The van der Waals surface area contributed by atoms with E-state index in [0.29, 0.717) is 18.8 Å². The molecule has 2 saturated heterocycles. The van der Waals surface area contributed by atoms with Crippen LogP contribution in [0.25, 0.3) is 10.9 Å². The molecule has 0 radical (unpaired) electrons. The number of esters is 1. The number of Topliss-reactive ketones (excluding diaryl/α,β-unsaturated/α-hetero) is 1. The lowest BCUT2D eigenvalue weighted by molar-refractivity contribution is -0.284. The minimum Gasteiger partial charge on any atom is -0.462 e. The lowest BCUT2D eigenvalue weighted by Gasteiger charge is -2.68. The molecular weight excluding hydrogens is 602 g/mol. The Labute approximate surface area is 286 Å². The third-order valence-electron chi connectivity index (χ3n) is 15.4. The third kappa shape index (κ3) is 4.04. The monoisotopic (exact) mass is 659 g/mol. The Kier molecular flexibility index (Phi) is 6.85. The van der Waals surface area contributed by atoms with Crippen molar-refractivity contribution in [1.82, 2.24) is 4.98 Å². The summed E-state index contributed by atoms with van der Waals surface area (Å²) >= 11 is 0. The topological polar surface area (TPSA) is 97.9 Å². The normalized spacial score (nSPS) is 42.3. The lowest BCUT2D eigenvalue weighted by atomic mass is 9.39. The number of ether oxygens (including phenoxy) is 3. The quantitative estimate of drug-likeness (QED) is 0.329. The number of aromatic nitrogens is 1. The van der Waals surface area contributed by atoms with Crippen molar-refractivity contribution < 1.29 is 28.9 Å². The molecule has 4 aliphatic carbocycles. The molecule has 0 bridgehead atoms. The van der Waals surface area contributed by atoms with Gasteiger partial charge in [0.15, 0.2) is 5.78 Å². The van der Waals surface area contributed by atoms with Gasteiger partial charge in [-0.1, -0.05) is 27.7 Å². The van der Waals surface area contributed by atoms with Crippen LogP contribution in [-0.2, 0) is 37.3 Å². The largest absolute Gasteiger partial charge is 0.462 e. The van der Waals surface area contributed by atoms with Crippen LogP contribution in [0.5, 0.6) is 0 Å². The third-order valence-corrected chi connectivity index (χ3v) is 15.4. The van der Waals surface area contributed by atoms with Crippen LogP contribution in [0.15, 0.2) is 12.1 Å². The van der Waals surface area contributed by atoms with E-state index in [1.165, 1.54) is 22.2 Å². The summed E-state index contributed by atoms with van der Waals surface area (Å²) in [4.78, 5) is 31.2. The number of carbonyl (C=O) groups is 2. The van der Waals surface area contributed by atoms with Crippen LogP contribution in [0.4, 0.5) is 0 Å². The molecule has 8 rings (SSSR count). The van der Waals surface area contributed by atoms with E-state index in [-0.39, 0.29) is 69.7 Å². The molecule has 2 aliphatic heterocycles. The zero-order valence-corrected chi connectivity index (χ0v) is 30.8. The number of nitrogens with one attached hydrogen (secondary N) is 1. The fourth-order valence-corrected chi connectivity index (χ4v) is 12.9. The zero-order valence-electron chi connectivity index (χ0n) is 30.8. The highest BCUT2D eigenvalue weighted by Crippen LogP contribution is 2.72. The zero-order chi connectivity index (χ0) is 34.6. The highest BCUT2D eigenvalue weighted by atomic mass is 16.6. The maximum absolute atomic E-state index is 14.2. The number of hydrogen-bond acceptors (Lipinski definition) is 6. The van der Waals surface area contributed by atoms with Crippen molar-refractivity contribution in [3.05, 3.63) is 34.5 Å². The number of fused-ring (bicyclic) bond motifs is 12. The molecule has 10 atom stereocenters. The Morgan fingerprint density at radius 3 is 2.44 bits per heavy atom. The number of rotatable bonds is 3. The summed E-state index contributed by atoms with van der Waals surface area (Å²) < 4.78 is 19.7. The van der Waals surface area contributed by atoms with Gasteiger partial charge in [-0.3, -0.25) is 9.59 Å². The maximum Gasteiger partial charge on any atom is 0.305 e. The highest BCUT2D eigenvalue weighted by molar-refractivity contribution is 6.06. The van der Waals surface area contributed by atoms with Gasteiger partial charge >= 0.3 is 5.97 Å². The van der Waals surface area contributed by atoms with Gasteiger partial charge in [0.25, 0.3) is 0 Å². The Morgan fingerprint density at radius 1 is 1.02 bits per heavy atom. The van der Waals surface area contributed by atoms with Crippen LogP contribution in [0.1, 0.15) is 135 Å². The molecule has 7 nitrogen and oxygen atoms in total. The van der Waals surface area contributed by atoms with Gasteiger partial charge in [0.2, 0.25) is 0 Å². The minimum absolute atomic E-state index is 0.0681. The average molecular weight is 660 g/mol. The number of benzene rings is 1. The van der Waals surface area contributed by atoms with Crippen molar-refractivity contribution >= 4 is 22.7 Å². The summed E-state index contributed by atoms with van der Waals surface area (Å²) in [6, 6.07) is 4.23. The molecule has 0 amide bonds. The summed E-state index contributed by atoms with van der Waals surface area (Å²) in [6.45, 7) is 21.3. The van der Waals surface area contributed by atoms with Crippen LogP contribution in [0.2, 0.25) is 0 Å². The van der Waals surface area contributed by atoms with E-state index in [2.05, 4.69) is 65.6 Å². The Bertz CT molecular complexity index is 1710. The number of ketones is 1. The standard InChI is InChI=1S/C41H57NO6/c1-11-31(43)47-30-20-29(36(2,3)45)46-28-16-17-39(8)27(40(28,30)9)15-12-21-18-24-32-23-19-25-33(38(6,7)48-37(25,4)5)34(44)22(23)13-14-26(32)42-35(24)41(21,39)10/h13-14,21,25,27-30,33,42,45H,11-12,15-20H2,1-10H3/t21-,25+,27+,28-,29-,30+,33-,39-,40-,41+/m0/s1. The van der Waals surface area contributed by atoms with Crippen molar-refractivity contribution in [3.63, 3.8) is 0 Å². The van der Waals surface area contributed by atoms with E-state index in [0.717, 1.165) is 49.6 Å².